The summed E-state index contributed by atoms with van der Waals surface area (Å²) < 4.78 is 11.6. The smallest absolute Gasteiger partial charge is 0.254 e. The fourth-order valence-corrected chi connectivity index (χ4v) is 3.28. The highest BCUT2D eigenvalue weighted by Gasteiger charge is 2.26. The minimum atomic E-state index is -0.160. The number of carbonyl (C=O) groups is 2. The maximum atomic E-state index is 12.7. The highest BCUT2D eigenvalue weighted by molar-refractivity contribution is 6.04. The Kier molecular flexibility index (Phi) is 6.66. The van der Waals surface area contributed by atoms with Gasteiger partial charge in [-0.1, -0.05) is 30.3 Å². The summed E-state index contributed by atoms with van der Waals surface area (Å²) in [5.74, 6) is 0.277. The molecule has 1 aliphatic heterocycles. The van der Waals surface area contributed by atoms with Crippen LogP contribution in [0.5, 0.6) is 5.75 Å². The Hall–Kier alpha value is -2.86. The molecular weight excluding hydrogens is 356 g/mol. The molecule has 0 aromatic heterocycles. The minimum Gasteiger partial charge on any atom is -0.488 e. The molecule has 2 aromatic carbocycles. The Bertz CT molecular complexity index is 819. The van der Waals surface area contributed by atoms with Crippen LogP contribution in [0, 0.1) is 0 Å². The average Bonchev–Trinajstić information content (AvgIpc) is 2.74. The second-order valence-corrected chi connectivity index (χ2v) is 6.65. The van der Waals surface area contributed by atoms with E-state index in [0.717, 1.165) is 5.56 Å². The third kappa shape index (κ3) is 4.34. The van der Waals surface area contributed by atoms with E-state index in [1.165, 1.54) is 0 Å². The van der Waals surface area contributed by atoms with Crippen molar-refractivity contribution in [3.8, 4) is 5.75 Å². The van der Waals surface area contributed by atoms with Gasteiger partial charge in [0, 0.05) is 13.1 Å². The number of aldehydes is 1. The summed E-state index contributed by atoms with van der Waals surface area (Å²) in [6.07, 6.45) is 0.698. The molecule has 6 heteroatoms. The number of hydrogen-bond donors (Lipinski definition) is 1. The third-order valence-electron chi connectivity index (χ3n) is 4.81. The monoisotopic (exact) mass is 382 g/mol. The lowest BCUT2D eigenvalue weighted by atomic mass is 10.0. The zero-order chi connectivity index (χ0) is 19.9. The minimum absolute atomic E-state index is 0.0277. The SMILES string of the molecule is CCN(CC)C(=O)c1ccc2c(c1C=O)OC[C@H](COCc1ccccc1)N2. The summed E-state index contributed by atoms with van der Waals surface area (Å²) in [5, 5.41) is 3.35. The van der Waals surface area contributed by atoms with Gasteiger partial charge in [0.05, 0.1) is 36.1 Å². The molecule has 148 valence electrons. The first-order valence-electron chi connectivity index (χ1n) is 9.60. The molecule has 0 saturated carbocycles. The highest BCUT2D eigenvalue weighted by Crippen LogP contribution is 2.34. The van der Waals surface area contributed by atoms with Crippen LogP contribution in [0.2, 0.25) is 0 Å². The predicted molar refractivity (Wildman–Crippen MR) is 108 cm³/mol. The number of ether oxygens (including phenoxy) is 2. The second kappa shape index (κ2) is 9.37. The van der Waals surface area contributed by atoms with E-state index in [4.69, 9.17) is 9.47 Å². The van der Waals surface area contributed by atoms with E-state index >= 15 is 0 Å². The van der Waals surface area contributed by atoms with Crippen LogP contribution in [-0.2, 0) is 11.3 Å². The molecule has 0 radical (unpaired) electrons. The third-order valence-corrected chi connectivity index (χ3v) is 4.81. The molecule has 2 aromatic rings. The van der Waals surface area contributed by atoms with Crippen LogP contribution in [0.1, 0.15) is 40.1 Å². The topological polar surface area (TPSA) is 67.9 Å². The Morgan fingerprint density at radius 3 is 2.64 bits per heavy atom. The van der Waals surface area contributed by atoms with Gasteiger partial charge in [-0.2, -0.15) is 0 Å². The van der Waals surface area contributed by atoms with Gasteiger partial charge in [-0.05, 0) is 31.5 Å². The highest BCUT2D eigenvalue weighted by atomic mass is 16.5. The lowest BCUT2D eigenvalue weighted by Crippen LogP contribution is -2.36. The Labute approximate surface area is 165 Å². The molecule has 6 nitrogen and oxygen atoms in total. The zero-order valence-electron chi connectivity index (χ0n) is 16.3. The van der Waals surface area contributed by atoms with Crippen molar-refractivity contribution in [1.82, 2.24) is 4.90 Å². The lowest BCUT2D eigenvalue weighted by Gasteiger charge is -2.29. The number of nitrogens with one attached hydrogen (secondary N) is 1. The van der Waals surface area contributed by atoms with Crippen LogP contribution < -0.4 is 10.1 Å². The van der Waals surface area contributed by atoms with Gasteiger partial charge in [0.15, 0.2) is 12.0 Å². The van der Waals surface area contributed by atoms with Crippen molar-refractivity contribution in [2.24, 2.45) is 0 Å². The van der Waals surface area contributed by atoms with Crippen molar-refractivity contribution in [3.05, 3.63) is 59.2 Å². The Morgan fingerprint density at radius 2 is 1.96 bits per heavy atom. The van der Waals surface area contributed by atoms with E-state index in [1.807, 2.05) is 44.2 Å². The first-order chi connectivity index (χ1) is 13.7. The van der Waals surface area contributed by atoms with Gasteiger partial charge in [0.25, 0.3) is 5.91 Å². The van der Waals surface area contributed by atoms with Crippen molar-refractivity contribution < 1.29 is 19.1 Å². The fraction of sp³-hybridized carbons (Fsp3) is 0.364. The summed E-state index contributed by atoms with van der Waals surface area (Å²) in [6, 6.07) is 13.4. The molecular formula is C22H26N2O4. The fourth-order valence-electron chi connectivity index (χ4n) is 3.28. The number of benzene rings is 2. The number of hydrogen-bond acceptors (Lipinski definition) is 5. The van der Waals surface area contributed by atoms with Crippen molar-refractivity contribution in [2.75, 3.05) is 31.6 Å². The van der Waals surface area contributed by atoms with Crippen LogP contribution in [0.3, 0.4) is 0 Å². The number of anilines is 1. The summed E-state index contributed by atoms with van der Waals surface area (Å²) in [6.45, 7) is 6.38. The van der Waals surface area contributed by atoms with Gasteiger partial charge in [-0.25, -0.2) is 0 Å². The molecule has 1 atom stereocenters. The Morgan fingerprint density at radius 1 is 1.21 bits per heavy atom. The quantitative estimate of drug-likeness (QED) is 0.709. The molecule has 0 fully saturated rings. The number of fused-ring (bicyclic) bond motifs is 1. The van der Waals surface area contributed by atoms with Gasteiger partial charge in [0.1, 0.15) is 6.61 Å². The Balaban J connectivity index is 1.68. The van der Waals surface area contributed by atoms with Gasteiger partial charge in [-0.15, -0.1) is 0 Å². The van der Waals surface area contributed by atoms with Gasteiger partial charge in [0.2, 0.25) is 0 Å². The molecule has 3 rings (SSSR count). The molecule has 0 aliphatic carbocycles. The first kappa shape index (κ1) is 19.9. The molecule has 1 amide bonds. The zero-order valence-corrected chi connectivity index (χ0v) is 16.3. The van der Waals surface area contributed by atoms with Crippen molar-refractivity contribution in [2.45, 2.75) is 26.5 Å². The van der Waals surface area contributed by atoms with Crippen LogP contribution >= 0.6 is 0 Å². The van der Waals surface area contributed by atoms with Crippen LogP contribution in [0.15, 0.2) is 42.5 Å². The standard InChI is InChI=1S/C22H26N2O4/c1-3-24(4-2)22(26)18-10-11-20-21(19(18)12-25)28-15-17(23-20)14-27-13-16-8-6-5-7-9-16/h5-12,17,23H,3-4,13-15H2,1-2H3/t17-/m0/s1. The molecule has 0 bridgehead atoms. The van der Waals surface area contributed by atoms with Crippen LogP contribution in [0.25, 0.3) is 0 Å². The summed E-state index contributed by atoms with van der Waals surface area (Å²) in [7, 11) is 0. The summed E-state index contributed by atoms with van der Waals surface area (Å²) >= 11 is 0. The second-order valence-electron chi connectivity index (χ2n) is 6.65. The van der Waals surface area contributed by atoms with Gasteiger partial charge < -0.3 is 19.7 Å². The van der Waals surface area contributed by atoms with E-state index < -0.39 is 0 Å². The molecule has 1 N–H and O–H groups in total. The molecule has 0 saturated heterocycles. The number of carbonyl (C=O) groups excluding carboxylic acids is 2. The molecule has 0 spiro atoms. The predicted octanol–water partition coefficient (Wildman–Crippen LogP) is 3.37. The average molecular weight is 382 g/mol. The van der Waals surface area contributed by atoms with Crippen LogP contribution in [0.4, 0.5) is 5.69 Å². The summed E-state index contributed by atoms with van der Waals surface area (Å²) in [5.41, 5.74) is 2.49. The van der Waals surface area contributed by atoms with E-state index in [-0.39, 0.29) is 11.9 Å². The first-order valence-corrected chi connectivity index (χ1v) is 9.60. The lowest BCUT2D eigenvalue weighted by molar-refractivity contribution is 0.0768. The van der Waals surface area contributed by atoms with E-state index in [9.17, 15) is 9.59 Å². The molecule has 1 aliphatic rings. The van der Waals surface area contributed by atoms with Crippen molar-refractivity contribution in [3.63, 3.8) is 0 Å². The molecule has 1 heterocycles. The molecule has 0 unspecified atom stereocenters. The van der Waals surface area contributed by atoms with Gasteiger partial charge in [-0.3, -0.25) is 9.59 Å². The summed E-state index contributed by atoms with van der Waals surface area (Å²) in [4.78, 5) is 26.1. The largest absolute Gasteiger partial charge is 0.488 e. The maximum absolute atomic E-state index is 12.7. The number of amides is 1. The number of rotatable bonds is 8. The van der Waals surface area contributed by atoms with Crippen LogP contribution in [-0.4, -0.2) is 49.4 Å². The van der Waals surface area contributed by atoms with Crippen molar-refractivity contribution >= 4 is 17.9 Å². The number of nitrogens with zero attached hydrogens (tertiary/aromatic N) is 1. The van der Waals surface area contributed by atoms with Crippen molar-refractivity contribution in [1.29, 1.82) is 0 Å². The normalized spacial score (nSPS) is 15.1. The van der Waals surface area contributed by atoms with E-state index in [2.05, 4.69) is 5.32 Å². The maximum Gasteiger partial charge on any atom is 0.254 e. The molecule has 28 heavy (non-hydrogen) atoms. The van der Waals surface area contributed by atoms with E-state index in [0.29, 0.717) is 61.8 Å². The van der Waals surface area contributed by atoms with E-state index in [1.54, 1.807) is 17.0 Å². The van der Waals surface area contributed by atoms with Gasteiger partial charge >= 0.3 is 0 Å².